The molecular formula is C22H22N2O4. The van der Waals surface area contributed by atoms with Crippen LogP contribution in [0.5, 0.6) is 5.75 Å². The second-order valence-corrected chi connectivity index (χ2v) is 7.66. The lowest BCUT2D eigenvalue weighted by Crippen LogP contribution is -2.30. The third kappa shape index (κ3) is 2.76. The van der Waals surface area contributed by atoms with E-state index in [0.717, 1.165) is 11.1 Å². The minimum Gasteiger partial charge on any atom is -0.491 e. The molecule has 6 nitrogen and oxygen atoms in total. The molecule has 4 atom stereocenters. The smallest absolute Gasteiger partial charge is 0.254 e. The second-order valence-electron chi connectivity index (χ2n) is 7.66. The number of hydrogen-bond acceptors (Lipinski definition) is 4. The summed E-state index contributed by atoms with van der Waals surface area (Å²) in [5, 5.41) is 5.76. The molecule has 5 rings (SSSR count). The molecule has 2 amide bonds. The Morgan fingerprint density at radius 3 is 2.46 bits per heavy atom. The van der Waals surface area contributed by atoms with Crippen molar-refractivity contribution in [3.05, 3.63) is 64.7 Å². The fourth-order valence-corrected chi connectivity index (χ4v) is 4.41. The lowest BCUT2D eigenvalue weighted by atomic mass is 9.90. The molecule has 28 heavy (non-hydrogen) atoms. The van der Waals surface area contributed by atoms with Crippen molar-refractivity contribution in [1.29, 1.82) is 0 Å². The lowest BCUT2D eigenvalue weighted by molar-refractivity contribution is 0.0929. The van der Waals surface area contributed by atoms with Crippen LogP contribution in [0.3, 0.4) is 0 Å². The van der Waals surface area contributed by atoms with Crippen LogP contribution in [0.2, 0.25) is 0 Å². The van der Waals surface area contributed by atoms with Gasteiger partial charge in [0.25, 0.3) is 11.8 Å². The summed E-state index contributed by atoms with van der Waals surface area (Å²) in [6, 6.07) is 13.7. The van der Waals surface area contributed by atoms with Gasteiger partial charge in [-0.15, -0.1) is 0 Å². The lowest BCUT2D eigenvalue weighted by Gasteiger charge is -2.13. The maximum absolute atomic E-state index is 12.9. The number of amides is 2. The molecule has 1 unspecified atom stereocenters. The fraction of sp³-hybridized carbons (Fsp3) is 0.364. The average Bonchev–Trinajstić information content (AvgIpc) is 3.10. The van der Waals surface area contributed by atoms with E-state index in [1.54, 1.807) is 13.1 Å². The average molecular weight is 378 g/mol. The van der Waals surface area contributed by atoms with Gasteiger partial charge in [0.15, 0.2) is 0 Å². The SMILES string of the molecule is CNC(=O)c1cc(C(=O)NC2[C@H]3COC[C@@H]23)cc2c1OC[C@H]2c1ccccc1. The van der Waals surface area contributed by atoms with Gasteiger partial charge in [-0.1, -0.05) is 30.3 Å². The van der Waals surface area contributed by atoms with Gasteiger partial charge in [-0.3, -0.25) is 9.59 Å². The summed E-state index contributed by atoms with van der Waals surface area (Å²) in [4.78, 5) is 25.4. The molecule has 2 aliphatic heterocycles. The van der Waals surface area contributed by atoms with E-state index in [-0.39, 0.29) is 23.8 Å². The van der Waals surface area contributed by atoms with Gasteiger partial charge in [0.05, 0.1) is 25.4 Å². The summed E-state index contributed by atoms with van der Waals surface area (Å²) in [6.07, 6.45) is 0. The first-order valence-corrected chi connectivity index (χ1v) is 9.63. The second kappa shape index (κ2) is 6.63. The van der Waals surface area contributed by atoms with Gasteiger partial charge in [-0.25, -0.2) is 0 Å². The summed E-state index contributed by atoms with van der Waals surface area (Å²) in [6.45, 7) is 1.89. The normalized spacial score (nSPS) is 26.8. The molecule has 2 heterocycles. The van der Waals surface area contributed by atoms with Gasteiger partial charge < -0.3 is 20.1 Å². The number of benzene rings is 2. The fourth-order valence-electron chi connectivity index (χ4n) is 4.41. The number of nitrogens with one attached hydrogen (secondary N) is 2. The van der Waals surface area contributed by atoms with Gasteiger partial charge in [0.1, 0.15) is 5.75 Å². The zero-order valence-electron chi connectivity index (χ0n) is 15.6. The van der Waals surface area contributed by atoms with E-state index in [9.17, 15) is 9.59 Å². The molecule has 0 spiro atoms. The predicted octanol–water partition coefficient (Wildman–Crippen LogP) is 1.95. The van der Waals surface area contributed by atoms with Crippen molar-refractivity contribution in [3.63, 3.8) is 0 Å². The molecule has 0 aromatic heterocycles. The van der Waals surface area contributed by atoms with Crippen LogP contribution in [0.15, 0.2) is 42.5 Å². The van der Waals surface area contributed by atoms with Crippen LogP contribution in [0.1, 0.15) is 37.8 Å². The third-order valence-electron chi connectivity index (χ3n) is 6.07. The molecule has 2 aromatic carbocycles. The summed E-state index contributed by atoms with van der Waals surface area (Å²) in [7, 11) is 1.58. The number of hydrogen-bond donors (Lipinski definition) is 2. The van der Waals surface area contributed by atoms with Crippen LogP contribution >= 0.6 is 0 Å². The quantitative estimate of drug-likeness (QED) is 0.853. The molecule has 2 aromatic rings. The van der Waals surface area contributed by atoms with Crippen molar-refractivity contribution in [2.24, 2.45) is 11.8 Å². The molecule has 6 heteroatoms. The molecule has 3 aliphatic rings. The van der Waals surface area contributed by atoms with E-state index >= 15 is 0 Å². The van der Waals surface area contributed by atoms with Crippen LogP contribution in [0.25, 0.3) is 0 Å². The Hall–Kier alpha value is -2.86. The molecule has 144 valence electrons. The van der Waals surface area contributed by atoms with E-state index in [0.29, 0.717) is 48.5 Å². The first-order chi connectivity index (χ1) is 13.7. The largest absolute Gasteiger partial charge is 0.491 e. The van der Waals surface area contributed by atoms with Crippen molar-refractivity contribution in [2.75, 3.05) is 26.9 Å². The number of rotatable bonds is 4. The monoisotopic (exact) mass is 378 g/mol. The molecule has 2 N–H and O–H groups in total. The maximum Gasteiger partial charge on any atom is 0.254 e. The number of carbonyl (C=O) groups excluding carboxylic acids is 2. The van der Waals surface area contributed by atoms with Gasteiger partial charge >= 0.3 is 0 Å². The summed E-state index contributed by atoms with van der Waals surface area (Å²) < 4.78 is 11.3. The van der Waals surface area contributed by atoms with Crippen LogP contribution in [0.4, 0.5) is 0 Å². The Morgan fingerprint density at radius 1 is 1.00 bits per heavy atom. The number of carbonyl (C=O) groups is 2. The van der Waals surface area contributed by atoms with Crippen LogP contribution in [-0.2, 0) is 4.74 Å². The summed E-state index contributed by atoms with van der Waals surface area (Å²) in [5.41, 5.74) is 2.89. The Bertz CT molecular complexity index is 933. The predicted molar refractivity (Wildman–Crippen MR) is 103 cm³/mol. The van der Waals surface area contributed by atoms with Gasteiger partial charge in [-0.05, 0) is 17.7 Å². The van der Waals surface area contributed by atoms with Crippen LogP contribution in [-0.4, -0.2) is 44.7 Å². The van der Waals surface area contributed by atoms with E-state index < -0.39 is 0 Å². The Kier molecular flexibility index (Phi) is 4.09. The molecule has 1 aliphatic carbocycles. The standard InChI is InChI=1S/C22H22N2O4/c1-23-22(26)15-8-13(21(25)24-19-17-9-27-10-18(17)19)7-14-16(11-28-20(14)15)12-5-3-2-4-6-12/h2-8,16-19H,9-11H2,1H3,(H,23,26)(H,24,25)/t16-,17-,18+,19?/m0/s1. The van der Waals surface area contributed by atoms with Crippen molar-refractivity contribution in [2.45, 2.75) is 12.0 Å². The highest BCUT2D eigenvalue weighted by molar-refractivity contribution is 6.02. The van der Waals surface area contributed by atoms with E-state index in [1.165, 1.54) is 0 Å². The molecule has 1 saturated heterocycles. The minimum atomic E-state index is -0.253. The Labute approximate surface area is 163 Å². The van der Waals surface area contributed by atoms with Crippen molar-refractivity contribution in [1.82, 2.24) is 10.6 Å². The molecule has 1 saturated carbocycles. The van der Waals surface area contributed by atoms with E-state index in [4.69, 9.17) is 9.47 Å². The maximum atomic E-state index is 12.9. The number of fused-ring (bicyclic) bond motifs is 2. The third-order valence-corrected chi connectivity index (χ3v) is 6.07. The number of ether oxygens (including phenoxy) is 2. The first-order valence-electron chi connectivity index (χ1n) is 9.63. The zero-order valence-corrected chi connectivity index (χ0v) is 15.6. The highest BCUT2D eigenvalue weighted by Crippen LogP contribution is 2.45. The van der Waals surface area contributed by atoms with Crippen molar-refractivity contribution >= 4 is 11.8 Å². The van der Waals surface area contributed by atoms with E-state index in [1.807, 2.05) is 36.4 Å². The van der Waals surface area contributed by atoms with Gasteiger partial charge in [0, 0.05) is 42.0 Å². The molecule has 0 radical (unpaired) electrons. The van der Waals surface area contributed by atoms with E-state index in [2.05, 4.69) is 10.6 Å². The molecular weight excluding hydrogens is 356 g/mol. The van der Waals surface area contributed by atoms with Gasteiger partial charge in [-0.2, -0.15) is 0 Å². The van der Waals surface area contributed by atoms with Crippen LogP contribution in [0, 0.1) is 11.8 Å². The zero-order chi connectivity index (χ0) is 19.3. The topological polar surface area (TPSA) is 76.7 Å². The molecule has 0 bridgehead atoms. The van der Waals surface area contributed by atoms with Gasteiger partial charge in [0.2, 0.25) is 0 Å². The van der Waals surface area contributed by atoms with Crippen molar-refractivity contribution < 1.29 is 19.1 Å². The highest BCUT2D eigenvalue weighted by atomic mass is 16.5. The van der Waals surface area contributed by atoms with Crippen molar-refractivity contribution in [3.8, 4) is 5.75 Å². The Morgan fingerprint density at radius 2 is 1.75 bits per heavy atom. The highest BCUT2D eigenvalue weighted by Gasteiger charge is 2.54. The summed E-state index contributed by atoms with van der Waals surface area (Å²) >= 11 is 0. The first kappa shape index (κ1) is 17.3. The van der Waals surface area contributed by atoms with Crippen LogP contribution < -0.4 is 15.4 Å². The Balaban J connectivity index is 1.50. The molecule has 2 fully saturated rings. The minimum absolute atomic E-state index is 0.000983. The summed E-state index contributed by atoms with van der Waals surface area (Å²) in [5.74, 6) is 1.03.